The van der Waals surface area contributed by atoms with Crippen LogP contribution in [0.1, 0.15) is 86.5 Å². The van der Waals surface area contributed by atoms with Crippen molar-refractivity contribution < 1.29 is 10.2 Å². The van der Waals surface area contributed by atoms with Crippen LogP contribution in [0.15, 0.2) is 42.9 Å². The predicted octanol–water partition coefficient (Wildman–Crippen LogP) is 6.41. The van der Waals surface area contributed by atoms with Crippen molar-refractivity contribution in [3.05, 3.63) is 42.9 Å². The van der Waals surface area contributed by atoms with Crippen molar-refractivity contribution in [1.29, 1.82) is 0 Å². The second kappa shape index (κ2) is 9.48. The smallest absolute Gasteiger partial charge is 0.145 e. The fourth-order valence-corrected chi connectivity index (χ4v) is 9.19. The van der Waals surface area contributed by atoms with E-state index in [2.05, 4.69) is 81.1 Å². The van der Waals surface area contributed by atoms with Gasteiger partial charge in [0.1, 0.15) is 5.82 Å². The average molecular weight is 508 g/mol. The van der Waals surface area contributed by atoms with Crippen LogP contribution < -0.4 is 5.32 Å². The Labute approximate surface area is 224 Å². The molecule has 4 aliphatic rings. The minimum absolute atomic E-state index is 0.128. The van der Waals surface area contributed by atoms with Gasteiger partial charge >= 0.3 is 0 Å². The number of nitrogens with zero attached hydrogens (tertiary/aromatic N) is 2. The number of aromatic nitrogens is 2. The van der Waals surface area contributed by atoms with Gasteiger partial charge in [0.05, 0.1) is 23.4 Å². The van der Waals surface area contributed by atoms with Crippen LogP contribution in [0.3, 0.4) is 0 Å². The Bertz CT molecular complexity index is 1030. The van der Waals surface area contributed by atoms with Crippen LogP contribution in [0.5, 0.6) is 0 Å². The molecule has 1 aromatic heterocycles. The molecule has 0 spiro atoms. The summed E-state index contributed by atoms with van der Waals surface area (Å²) in [7, 11) is 0. The molecular weight excluding hydrogens is 458 g/mol. The highest BCUT2D eigenvalue weighted by molar-refractivity contribution is 5.44. The van der Waals surface area contributed by atoms with E-state index in [0.717, 1.165) is 37.9 Å². The fourth-order valence-electron chi connectivity index (χ4n) is 9.19. The summed E-state index contributed by atoms with van der Waals surface area (Å²) in [6.07, 6.45) is 20.8. The zero-order chi connectivity index (χ0) is 26.6. The highest BCUT2D eigenvalue weighted by Gasteiger charge is 2.68. The normalized spacial score (nSPS) is 44.8. The van der Waals surface area contributed by atoms with E-state index < -0.39 is 11.1 Å². The molecule has 1 aromatic rings. The first-order chi connectivity index (χ1) is 17.5. The molecule has 0 saturated heterocycles. The zero-order valence-corrected chi connectivity index (χ0v) is 23.8. The van der Waals surface area contributed by atoms with Crippen molar-refractivity contribution in [2.24, 2.45) is 46.3 Å². The molecule has 5 rings (SSSR count). The number of rotatable bonds is 6. The molecule has 0 aliphatic heterocycles. The molecule has 37 heavy (non-hydrogen) atoms. The Morgan fingerprint density at radius 2 is 1.76 bits per heavy atom. The first kappa shape index (κ1) is 26.9. The van der Waals surface area contributed by atoms with Crippen LogP contribution in [0.4, 0.5) is 5.82 Å². The molecule has 3 fully saturated rings. The number of aliphatic hydroxyl groups excluding tert-OH is 1. The Kier molecular flexibility index (Phi) is 6.89. The number of aliphatic hydroxyl groups is 2. The molecule has 10 atom stereocenters. The Balaban J connectivity index is 1.48. The van der Waals surface area contributed by atoms with Gasteiger partial charge in [-0.15, -0.1) is 0 Å². The zero-order valence-electron chi connectivity index (χ0n) is 23.8. The summed E-state index contributed by atoms with van der Waals surface area (Å²) in [5.41, 5.74) is -1.33. The topological polar surface area (TPSA) is 78.3 Å². The average Bonchev–Trinajstić information content (AvgIpc) is 3.22. The van der Waals surface area contributed by atoms with Crippen molar-refractivity contribution in [3.8, 4) is 0 Å². The van der Waals surface area contributed by atoms with Crippen LogP contribution in [0, 0.1) is 46.3 Å². The van der Waals surface area contributed by atoms with E-state index in [0.29, 0.717) is 30.1 Å². The maximum Gasteiger partial charge on any atom is 0.145 e. The summed E-state index contributed by atoms with van der Waals surface area (Å²) >= 11 is 0. The monoisotopic (exact) mass is 507 g/mol. The van der Waals surface area contributed by atoms with Crippen LogP contribution in [-0.4, -0.2) is 37.4 Å². The van der Waals surface area contributed by atoms with Crippen molar-refractivity contribution in [3.63, 3.8) is 0 Å². The number of hydrogen-bond acceptors (Lipinski definition) is 5. The lowest BCUT2D eigenvalue weighted by Crippen LogP contribution is -2.69. The molecule has 5 heteroatoms. The highest BCUT2D eigenvalue weighted by Crippen LogP contribution is 2.69. The van der Waals surface area contributed by atoms with E-state index in [9.17, 15) is 10.2 Å². The number of allylic oxidation sites excluding steroid dienone is 2. The lowest BCUT2D eigenvalue weighted by molar-refractivity contribution is -0.177. The second-order valence-electron chi connectivity index (χ2n) is 13.9. The van der Waals surface area contributed by atoms with Gasteiger partial charge < -0.3 is 15.5 Å². The summed E-state index contributed by atoms with van der Waals surface area (Å²) in [5.74, 6) is 3.49. The molecule has 4 aliphatic carbocycles. The Morgan fingerprint density at radius 3 is 2.46 bits per heavy atom. The van der Waals surface area contributed by atoms with Gasteiger partial charge in [-0.25, -0.2) is 4.98 Å². The first-order valence-corrected chi connectivity index (χ1v) is 14.8. The number of hydrogen-bond donors (Lipinski definition) is 3. The molecule has 1 heterocycles. The van der Waals surface area contributed by atoms with Gasteiger partial charge in [-0.1, -0.05) is 65.8 Å². The Morgan fingerprint density at radius 1 is 0.973 bits per heavy atom. The molecule has 204 valence electrons. The van der Waals surface area contributed by atoms with Crippen molar-refractivity contribution in [1.82, 2.24) is 9.97 Å². The van der Waals surface area contributed by atoms with Crippen LogP contribution >= 0.6 is 0 Å². The van der Waals surface area contributed by atoms with E-state index in [4.69, 9.17) is 0 Å². The largest absolute Gasteiger partial charge is 0.393 e. The molecule has 0 unspecified atom stereocenters. The number of fused-ring (bicyclic) bond motifs is 5. The standard InChI is InChI=1S/C32H49N3O2/c1-21(2)22(3)7-8-23(4)25-9-10-26-29(25,5)13-12-27-30(6)14-11-24(36)19-31(30,15-16-32(26,27)37)35-28-20-33-17-18-34-28/h7-8,15-18,20-27,36-37H,9-14,19H2,1-6H3,(H,34,35)/b8-7+/t22-,23+,24-,25+,26+,27+,29+,30+,31+,32-/m0/s1. The SMILES string of the molecule is CC(C)[C@@H](C)/C=C/[C@@H](C)[C@H]1CC[C@H]2[C@@]3(O)C=C[C@@]4(Nc5cnccn5)C[C@@H](O)CC[C@]4(C)[C@H]3CC[C@]12C. The Hall–Kier alpha value is -1.72. The van der Waals surface area contributed by atoms with E-state index in [1.165, 1.54) is 6.42 Å². The molecule has 3 N–H and O–H groups in total. The summed E-state index contributed by atoms with van der Waals surface area (Å²) in [6, 6.07) is 0. The third-order valence-electron chi connectivity index (χ3n) is 11.8. The quantitative estimate of drug-likeness (QED) is 0.388. The molecule has 0 bridgehead atoms. The van der Waals surface area contributed by atoms with Gasteiger partial charge in [0.25, 0.3) is 0 Å². The van der Waals surface area contributed by atoms with Crippen LogP contribution in [0.2, 0.25) is 0 Å². The van der Waals surface area contributed by atoms with Gasteiger partial charge in [0, 0.05) is 24.2 Å². The predicted molar refractivity (Wildman–Crippen MR) is 150 cm³/mol. The van der Waals surface area contributed by atoms with Gasteiger partial charge in [-0.2, -0.15) is 0 Å². The van der Waals surface area contributed by atoms with Crippen molar-refractivity contribution >= 4 is 5.82 Å². The maximum atomic E-state index is 12.6. The summed E-state index contributed by atoms with van der Waals surface area (Å²) in [4.78, 5) is 8.78. The van der Waals surface area contributed by atoms with E-state index in [-0.39, 0.29) is 28.8 Å². The lowest BCUT2D eigenvalue weighted by Gasteiger charge is -2.66. The summed E-state index contributed by atoms with van der Waals surface area (Å²) in [5, 5.41) is 27.2. The molecule has 0 aromatic carbocycles. The van der Waals surface area contributed by atoms with E-state index in [1.807, 2.05) is 0 Å². The molecule has 3 saturated carbocycles. The lowest BCUT2D eigenvalue weighted by atomic mass is 9.42. The van der Waals surface area contributed by atoms with E-state index in [1.54, 1.807) is 18.6 Å². The second-order valence-corrected chi connectivity index (χ2v) is 13.9. The maximum absolute atomic E-state index is 12.6. The van der Waals surface area contributed by atoms with Gasteiger partial charge in [-0.3, -0.25) is 4.98 Å². The van der Waals surface area contributed by atoms with Gasteiger partial charge in [-0.05, 0) is 79.4 Å². The first-order valence-electron chi connectivity index (χ1n) is 14.8. The summed E-state index contributed by atoms with van der Waals surface area (Å²) < 4.78 is 0. The van der Waals surface area contributed by atoms with Gasteiger partial charge in [0.15, 0.2) is 0 Å². The van der Waals surface area contributed by atoms with Crippen LogP contribution in [-0.2, 0) is 0 Å². The van der Waals surface area contributed by atoms with Crippen molar-refractivity contribution in [2.45, 2.75) is 104 Å². The van der Waals surface area contributed by atoms with Gasteiger partial charge in [0.2, 0.25) is 0 Å². The highest BCUT2D eigenvalue weighted by atomic mass is 16.3. The molecule has 0 radical (unpaired) electrons. The number of nitrogens with one attached hydrogen (secondary N) is 1. The molecule has 0 amide bonds. The molecule has 5 nitrogen and oxygen atoms in total. The summed E-state index contributed by atoms with van der Waals surface area (Å²) in [6.45, 7) is 14.1. The number of anilines is 1. The minimum Gasteiger partial charge on any atom is -0.393 e. The molecular formula is C32H49N3O2. The third kappa shape index (κ3) is 4.19. The van der Waals surface area contributed by atoms with Crippen molar-refractivity contribution in [2.75, 3.05) is 5.32 Å². The third-order valence-corrected chi connectivity index (χ3v) is 11.8. The minimum atomic E-state index is -0.818. The van der Waals surface area contributed by atoms with E-state index >= 15 is 0 Å². The fraction of sp³-hybridized carbons (Fsp3) is 0.750. The van der Waals surface area contributed by atoms with Crippen LogP contribution in [0.25, 0.3) is 0 Å².